The van der Waals surface area contributed by atoms with Crippen LogP contribution in [0.4, 0.5) is 0 Å². The smallest absolute Gasteiger partial charge is 0.369 e. The standard InChI is InChI=1S/C31H34O4/c1-28(2)17-18-29(3,4)26-19-24(15-16-25(26)28)31(27(32)33)34-20-30(21-35-31,22-11-7-5-8-12-22)23-13-9-6-10-14-23/h5-16,19H,17-18,20-21H2,1-4H3,(H,32,33). The number of aliphatic carboxylic acids is 1. The summed E-state index contributed by atoms with van der Waals surface area (Å²) in [6.45, 7) is 9.37. The van der Waals surface area contributed by atoms with Gasteiger partial charge in [-0.05, 0) is 52.0 Å². The Morgan fingerprint density at radius 3 is 1.66 bits per heavy atom. The van der Waals surface area contributed by atoms with Crippen LogP contribution in [0.15, 0.2) is 78.9 Å². The Morgan fingerprint density at radius 2 is 1.17 bits per heavy atom. The Labute approximate surface area is 207 Å². The van der Waals surface area contributed by atoms with Crippen molar-refractivity contribution < 1.29 is 19.4 Å². The first-order chi connectivity index (χ1) is 16.6. The minimum Gasteiger partial charge on any atom is -0.477 e. The van der Waals surface area contributed by atoms with Gasteiger partial charge in [-0.3, -0.25) is 0 Å². The number of benzene rings is 3. The van der Waals surface area contributed by atoms with Crippen molar-refractivity contribution in [3.63, 3.8) is 0 Å². The van der Waals surface area contributed by atoms with Crippen molar-refractivity contribution in [3.05, 3.63) is 107 Å². The first-order valence-electron chi connectivity index (χ1n) is 12.4. The molecule has 0 atom stereocenters. The van der Waals surface area contributed by atoms with E-state index < -0.39 is 17.2 Å². The Kier molecular flexibility index (Phi) is 5.65. The zero-order valence-electron chi connectivity index (χ0n) is 21.0. The maximum atomic E-state index is 12.8. The van der Waals surface area contributed by atoms with Crippen LogP contribution in [0.3, 0.4) is 0 Å². The molecule has 0 aromatic heterocycles. The lowest BCUT2D eigenvalue weighted by Crippen LogP contribution is -2.54. The first-order valence-corrected chi connectivity index (χ1v) is 12.4. The van der Waals surface area contributed by atoms with E-state index in [1.165, 1.54) is 11.1 Å². The van der Waals surface area contributed by atoms with Crippen LogP contribution in [-0.4, -0.2) is 24.3 Å². The predicted octanol–water partition coefficient (Wildman–Crippen LogP) is 6.31. The fraction of sp³-hybridized carbons (Fsp3) is 0.387. The van der Waals surface area contributed by atoms with Gasteiger partial charge in [-0.25, -0.2) is 4.79 Å². The second-order valence-corrected chi connectivity index (χ2v) is 11.3. The van der Waals surface area contributed by atoms with Gasteiger partial charge < -0.3 is 14.6 Å². The molecule has 3 aromatic rings. The highest BCUT2D eigenvalue weighted by Crippen LogP contribution is 2.48. The molecule has 2 aliphatic rings. The zero-order valence-corrected chi connectivity index (χ0v) is 21.0. The summed E-state index contributed by atoms with van der Waals surface area (Å²) in [5, 5.41) is 10.4. The van der Waals surface area contributed by atoms with Crippen molar-refractivity contribution in [3.8, 4) is 0 Å². The lowest BCUT2D eigenvalue weighted by molar-refractivity contribution is -0.287. The summed E-state index contributed by atoms with van der Waals surface area (Å²) >= 11 is 0. The number of carboxylic acid groups (broad SMARTS) is 1. The van der Waals surface area contributed by atoms with E-state index in [4.69, 9.17) is 9.47 Å². The molecule has 0 saturated carbocycles. The Morgan fingerprint density at radius 1 is 0.686 bits per heavy atom. The summed E-state index contributed by atoms with van der Waals surface area (Å²) in [6.07, 6.45) is 2.14. The zero-order chi connectivity index (χ0) is 24.9. The van der Waals surface area contributed by atoms with Crippen molar-refractivity contribution in [2.45, 2.75) is 62.6 Å². The number of ether oxygens (including phenoxy) is 2. The molecule has 5 rings (SSSR count). The fourth-order valence-electron chi connectivity index (χ4n) is 5.75. The Bertz CT molecular complexity index is 1180. The Balaban J connectivity index is 1.58. The fourth-order valence-corrected chi connectivity index (χ4v) is 5.75. The number of carbonyl (C=O) groups is 1. The van der Waals surface area contributed by atoms with Crippen LogP contribution >= 0.6 is 0 Å². The molecule has 1 fully saturated rings. The summed E-state index contributed by atoms with van der Waals surface area (Å²) in [4.78, 5) is 12.8. The molecular formula is C31H34O4. The molecule has 4 nitrogen and oxygen atoms in total. The second kappa shape index (κ2) is 8.32. The molecule has 1 aliphatic carbocycles. The quantitative estimate of drug-likeness (QED) is 0.486. The van der Waals surface area contributed by atoms with Gasteiger partial charge >= 0.3 is 5.97 Å². The van der Waals surface area contributed by atoms with Gasteiger partial charge in [-0.2, -0.15) is 0 Å². The van der Waals surface area contributed by atoms with Crippen LogP contribution in [0, 0.1) is 0 Å². The van der Waals surface area contributed by atoms with Gasteiger partial charge in [0.25, 0.3) is 5.79 Å². The molecule has 0 radical (unpaired) electrons. The number of hydrogen-bond donors (Lipinski definition) is 1. The molecule has 35 heavy (non-hydrogen) atoms. The average Bonchev–Trinajstić information content (AvgIpc) is 2.87. The molecule has 1 N–H and O–H groups in total. The van der Waals surface area contributed by atoms with Crippen molar-refractivity contribution in [1.82, 2.24) is 0 Å². The molecule has 3 aromatic carbocycles. The van der Waals surface area contributed by atoms with Crippen LogP contribution in [0.1, 0.15) is 68.4 Å². The lowest BCUT2D eigenvalue weighted by Gasteiger charge is -2.46. The van der Waals surface area contributed by atoms with Crippen molar-refractivity contribution in [2.75, 3.05) is 13.2 Å². The largest absolute Gasteiger partial charge is 0.477 e. The minimum atomic E-state index is -1.85. The highest BCUT2D eigenvalue weighted by molar-refractivity contribution is 5.78. The van der Waals surface area contributed by atoms with Gasteiger partial charge in [-0.1, -0.05) is 100 Å². The number of carboxylic acids is 1. The maximum absolute atomic E-state index is 12.8. The normalized spacial score (nSPS) is 21.6. The van der Waals surface area contributed by atoms with Crippen LogP contribution in [0.5, 0.6) is 0 Å². The van der Waals surface area contributed by atoms with Crippen molar-refractivity contribution in [2.24, 2.45) is 0 Å². The topological polar surface area (TPSA) is 55.8 Å². The number of rotatable bonds is 4. The highest BCUT2D eigenvalue weighted by atomic mass is 16.7. The van der Waals surface area contributed by atoms with Gasteiger partial charge in [0.15, 0.2) is 0 Å². The Hall–Kier alpha value is -2.95. The van der Waals surface area contributed by atoms with E-state index >= 15 is 0 Å². The third kappa shape index (κ3) is 3.80. The van der Waals surface area contributed by atoms with Gasteiger partial charge in [0.2, 0.25) is 0 Å². The SMILES string of the molecule is CC1(C)CCC(C)(C)c2cc(C3(C(=O)O)OCC(c4ccccc4)(c4ccccc4)CO3)ccc21. The van der Waals surface area contributed by atoms with Crippen LogP contribution in [-0.2, 0) is 36.3 Å². The van der Waals surface area contributed by atoms with Gasteiger partial charge in [0.05, 0.1) is 18.6 Å². The molecule has 1 aliphatic heterocycles. The van der Waals surface area contributed by atoms with Crippen LogP contribution in [0.25, 0.3) is 0 Å². The summed E-state index contributed by atoms with van der Waals surface area (Å²) < 4.78 is 12.7. The molecule has 0 unspecified atom stereocenters. The summed E-state index contributed by atoms with van der Waals surface area (Å²) in [5.74, 6) is -2.97. The molecular weight excluding hydrogens is 436 g/mol. The molecule has 0 spiro atoms. The van der Waals surface area contributed by atoms with Gasteiger partial charge in [0, 0.05) is 5.56 Å². The first kappa shape index (κ1) is 23.8. The molecule has 0 bridgehead atoms. The van der Waals surface area contributed by atoms with E-state index in [1.807, 2.05) is 48.5 Å². The summed E-state index contributed by atoms with van der Waals surface area (Å²) in [6, 6.07) is 26.1. The van der Waals surface area contributed by atoms with Gasteiger partial charge in [0.1, 0.15) is 0 Å². The van der Waals surface area contributed by atoms with E-state index in [1.54, 1.807) is 0 Å². The number of fused-ring (bicyclic) bond motifs is 1. The van der Waals surface area contributed by atoms with E-state index in [0.29, 0.717) is 5.56 Å². The van der Waals surface area contributed by atoms with Crippen LogP contribution in [0.2, 0.25) is 0 Å². The predicted molar refractivity (Wildman–Crippen MR) is 137 cm³/mol. The van der Waals surface area contributed by atoms with Gasteiger partial charge in [-0.15, -0.1) is 0 Å². The average molecular weight is 471 g/mol. The van der Waals surface area contributed by atoms with E-state index in [2.05, 4.69) is 58.0 Å². The van der Waals surface area contributed by atoms with Crippen molar-refractivity contribution in [1.29, 1.82) is 0 Å². The van der Waals surface area contributed by atoms with E-state index in [9.17, 15) is 9.90 Å². The minimum absolute atomic E-state index is 0.0455. The number of hydrogen-bond acceptors (Lipinski definition) is 3. The van der Waals surface area contributed by atoms with E-state index in [0.717, 1.165) is 24.0 Å². The molecule has 4 heteroatoms. The van der Waals surface area contributed by atoms with Crippen molar-refractivity contribution >= 4 is 5.97 Å². The van der Waals surface area contributed by atoms with Crippen LogP contribution < -0.4 is 0 Å². The molecule has 182 valence electrons. The molecule has 1 heterocycles. The highest BCUT2D eigenvalue weighted by Gasteiger charge is 2.53. The lowest BCUT2D eigenvalue weighted by atomic mass is 9.63. The third-order valence-electron chi connectivity index (χ3n) is 8.21. The summed E-state index contributed by atoms with van der Waals surface area (Å²) in [5.41, 5.74) is 4.48. The van der Waals surface area contributed by atoms with E-state index in [-0.39, 0.29) is 24.0 Å². The third-order valence-corrected chi connectivity index (χ3v) is 8.21. The maximum Gasteiger partial charge on any atom is 0.369 e. The molecule has 1 saturated heterocycles. The second-order valence-electron chi connectivity index (χ2n) is 11.3. The monoisotopic (exact) mass is 470 g/mol. The molecule has 0 amide bonds. The summed E-state index contributed by atoms with van der Waals surface area (Å²) in [7, 11) is 0.